The Morgan fingerprint density at radius 1 is 1.05 bits per heavy atom. The van der Waals surface area contributed by atoms with Crippen LogP contribution < -0.4 is 21.8 Å². The van der Waals surface area contributed by atoms with E-state index in [0.29, 0.717) is 5.48 Å². The lowest BCUT2D eigenvalue weighted by atomic mass is 10.1. The van der Waals surface area contributed by atoms with Crippen molar-refractivity contribution >= 4 is 12.7 Å². The van der Waals surface area contributed by atoms with Gasteiger partial charge in [0.05, 0.1) is 0 Å². The number of benzene rings is 1. The molecule has 0 aliphatic rings. The highest BCUT2D eigenvalue weighted by molar-refractivity contribution is 5.52. The van der Waals surface area contributed by atoms with Crippen LogP contribution in [0.25, 0.3) is 12.7 Å². The first-order chi connectivity index (χ1) is 8.93. The van der Waals surface area contributed by atoms with Gasteiger partial charge in [-0.1, -0.05) is 30.8 Å². The summed E-state index contributed by atoms with van der Waals surface area (Å²) in [7, 11) is 3.22. The van der Waals surface area contributed by atoms with E-state index in [1.165, 1.54) is 9.13 Å². The van der Waals surface area contributed by atoms with Crippen molar-refractivity contribution in [3.8, 4) is 0 Å². The first-order valence-electron chi connectivity index (χ1n) is 5.96. The lowest BCUT2D eigenvalue weighted by molar-refractivity contribution is 0.666. The second kappa shape index (κ2) is 4.72. The maximum atomic E-state index is 12.2. The van der Waals surface area contributed by atoms with Crippen LogP contribution in [0.4, 0.5) is 0 Å². The van der Waals surface area contributed by atoms with Gasteiger partial charge in [0.2, 0.25) is 0 Å². The fraction of sp³-hybridized carbons (Fsp3) is 0.200. The van der Waals surface area contributed by atoms with Gasteiger partial charge in [0.1, 0.15) is 10.7 Å². The molecular weight excluding hydrogens is 240 g/mol. The molecule has 0 fully saturated rings. The maximum Gasteiger partial charge on any atom is 0.264 e. The van der Waals surface area contributed by atoms with Gasteiger partial charge in [-0.2, -0.15) is 0 Å². The van der Waals surface area contributed by atoms with Crippen LogP contribution in [-0.4, -0.2) is 9.13 Å². The predicted octanol–water partition coefficient (Wildman–Crippen LogP) is -0.368. The summed E-state index contributed by atoms with van der Waals surface area (Å²) in [5, 5.41) is 0.159. The fourth-order valence-corrected chi connectivity index (χ4v) is 1.94. The molecule has 0 N–H and O–H groups in total. The summed E-state index contributed by atoms with van der Waals surface area (Å²) in [6, 6.07) is 7.62. The zero-order chi connectivity index (χ0) is 14.2. The van der Waals surface area contributed by atoms with E-state index in [9.17, 15) is 9.59 Å². The molecule has 0 aliphatic heterocycles. The Labute approximate surface area is 110 Å². The summed E-state index contributed by atoms with van der Waals surface area (Å²) in [5.74, 6) is 0. The van der Waals surface area contributed by atoms with E-state index in [-0.39, 0.29) is 16.3 Å². The summed E-state index contributed by atoms with van der Waals surface area (Å²) >= 11 is 0. The Balaban J connectivity index is 2.94. The summed E-state index contributed by atoms with van der Waals surface area (Å²) in [4.78, 5) is 24.3. The molecule has 0 spiro atoms. The minimum Gasteiger partial charge on any atom is -0.297 e. The van der Waals surface area contributed by atoms with E-state index < -0.39 is 0 Å². The van der Waals surface area contributed by atoms with Crippen LogP contribution in [0.3, 0.4) is 0 Å². The molecule has 0 saturated carbocycles. The van der Waals surface area contributed by atoms with Crippen LogP contribution in [0.15, 0.2) is 33.9 Å². The van der Waals surface area contributed by atoms with Crippen LogP contribution in [0.2, 0.25) is 0 Å². The molecule has 4 nitrogen and oxygen atoms in total. The Bertz CT molecular complexity index is 814. The molecule has 98 valence electrons. The maximum absolute atomic E-state index is 12.2. The molecule has 0 unspecified atom stereocenters. The molecule has 1 aromatic carbocycles. The summed E-state index contributed by atoms with van der Waals surface area (Å²) < 4.78 is 2.76. The molecule has 1 heterocycles. The molecule has 1 aromatic heterocycles. The molecule has 2 rings (SSSR count). The van der Waals surface area contributed by atoms with Crippen LogP contribution in [-0.2, 0) is 14.1 Å². The Morgan fingerprint density at radius 3 is 2.11 bits per heavy atom. The highest BCUT2D eigenvalue weighted by Gasteiger charge is 2.04. The van der Waals surface area contributed by atoms with Gasteiger partial charge in [0.15, 0.2) is 0 Å². The normalized spacial score (nSPS) is 10.5. The van der Waals surface area contributed by atoms with Gasteiger partial charge in [-0.15, -0.1) is 0 Å². The molecule has 0 radical (unpaired) electrons. The van der Waals surface area contributed by atoms with Gasteiger partial charge in [0, 0.05) is 14.1 Å². The van der Waals surface area contributed by atoms with Gasteiger partial charge in [-0.05, 0) is 24.1 Å². The number of nitrogens with zero attached hydrogens (tertiary/aromatic N) is 2. The van der Waals surface area contributed by atoms with E-state index in [0.717, 1.165) is 11.1 Å². The van der Waals surface area contributed by atoms with Crippen LogP contribution in [0.5, 0.6) is 0 Å². The third-order valence-corrected chi connectivity index (χ3v) is 3.33. The Morgan fingerprint density at radius 2 is 1.58 bits per heavy atom. The molecule has 19 heavy (non-hydrogen) atoms. The first kappa shape index (κ1) is 13.1. The average Bonchev–Trinajstić information content (AvgIpc) is 2.41. The van der Waals surface area contributed by atoms with Crippen LogP contribution in [0.1, 0.15) is 11.1 Å². The van der Waals surface area contributed by atoms with Crippen molar-refractivity contribution < 1.29 is 0 Å². The number of aryl methyl sites for hydroxylation is 1. The molecule has 0 aliphatic carbocycles. The van der Waals surface area contributed by atoms with E-state index >= 15 is 0 Å². The zero-order valence-corrected chi connectivity index (χ0v) is 11.3. The summed E-state index contributed by atoms with van der Waals surface area (Å²) in [6.07, 6.45) is 1.64. The van der Waals surface area contributed by atoms with Gasteiger partial charge < -0.3 is 0 Å². The Kier molecular flexibility index (Phi) is 3.25. The third-order valence-electron chi connectivity index (χ3n) is 3.33. The molecule has 4 heteroatoms. The summed E-state index contributed by atoms with van der Waals surface area (Å²) in [6.45, 7) is 5.66. The van der Waals surface area contributed by atoms with E-state index in [1.807, 2.05) is 31.2 Å². The topological polar surface area (TPSA) is 44.0 Å². The van der Waals surface area contributed by atoms with Crippen LogP contribution in [0, 0.1) is 6.92 Å². The molecular formula is C15H16N2O2. The SMILES string of the molecule is C=c1n(C)c(=O)c(=Cc2ccccc2C)c(=O)n1C. The highest BCUT2D eigenvalue weighted by Crippen LogP contribution is 2.06. The molecule has 0 amide bonds. The lowest BCUT2D eigenvalue weighted by Crippen LogP contribution is -2.56. The van der Waals surface area contributed by atoms with Crippen molar-refractivity contribution in [2.24, 2.45) is 14.1 Å². The van der Waals surface area contributed by atoms with E-state index in [4.69, 9.17) is 0 Å². The van der Waals surface area contributed by atoms with Crippen molar-refractivity contribution in [1.29, 1.82) is 0 Å². The predicted molar refractivity (Wildman–Crippen MR) is 76.4 cm³/mol. The Hall–Kier alpha value is -2.36. The first-order valence-corrected chi connectivity index (χ1v) is 5.96. The van der Waals surface area contributed by atoms with Crippen molar-refractivity contribution in [3.05, 3.63) is 66.8 Å². The number of hydrogen-bond donors (Lipinski definition) is 0. The third kappa shape index (κ3) is 2.17. The summed E-state index contributed by atoms with van der Waals surface area (Å²) in [5.41, 5.74) is 1.63. The highest BCUT2D eigenvalue weighted by atomic mass is 16.1. The minimum absolute atomic E-state index is 0.159. The number of hydrogen-bond acceptors (Lipinski definition) is 2. The smallest absolute Gasteiger partial charge is 0.264 e. The van der Waals surface area contributed by atoms with Gasteiger partial charge in [-0.25, -0.2) is 0 Å². The average molecular weight is 256 g/mol. The standard InChI is InChI=1S/C15H16N2O2/c1-10-7-5-6-8-12(10)9-13-14(18)16(3)11(2)17(4)15(13)19/h5-9H,2H2,1,3-4H3. The van der Waals surface area contributed by atoms with E-state index in [2.05, 4.69) is 6.58 Å². The molecule has 0 saturated heterocycles. The van der Waals surface area contributed by atoms with Crippen molar-refractivity contribution in [2.75, 3.05) is 0 Å². The molecule has 0 bridgehead atoms. The van der Waals surface area contributed by atoms with Crippen molar-refractivity contribution in [2.45, 2.75) is 6.92 Å². The number of rotatable bonds is 1. The monoisotopic (exact) mass is 256 g/mol. The van der Waals surface area contributed by atoms with Gasteiger partial charge in [0.25, 0.3) is 11.1 Å². The molecule has 2 aromatic rings. The van der Waals surface area contributed by atoms with Crippen molar-refractivity contribution in [1.82, 2.24) is 9.13 Å². The molecule has 0 atom stereocenters. The lowest BCUT2D eigenvalue weighted by Gasteiger charge is -2.04. The van der Waals surface area contributed by atoms with E-state index in [1.54, 1.807) is 20.2 Å². The second-order valence-corrected chi connectivity index (χ2v) is 4.56. The fourth-order valence-electron chi connectivity index (χ4n) is 1.94. The van der Waals surface area contributed by atoms with Crippen molar-refractivity contribution in [3.63, 3.8) is 0 Å². The minimum atomic E-state index is -0.323. The van der Waals surface area contributed by atoms with Gasteiger partial charge in [-0.3, -0.25) is 18.7 Å². The van der Waals surface area contributed by atoms with Crippen LogP contribution >= 0.6 is 0 Å². The second-order valence-electron chi connectivity index (χ2n) is 4.56. The largest absolute Gasteiger partial charge is 0.297 e. The van der Waals surface area contributed by atoms with Gasteiger partial charge >= 0.3 is 0 Å². The quantitative estimate of drug-likeness (QED) is 0.699. The number of aromatic nitrogens is 2. The zero-order valence-electron chi connectivity index (χ0n) is 11.3.